The van der Waals surface area contributed by atoms with Gasteiger partial charge in [0.1, 0.15) is 0 Å². The van der Waals surface area contributed by atoms with Crippen molar-refractivity contribution in [1.29, 1.82) is 0 Å². The Bertz CT molecular complexity index is 1240. The molecule has 3 aromatic rings. The number of anilines is 1. The Morgan fingerprint density at radius 2 is 1.86 bits per heavy atom. The number of carbonyl (C=O) groups excluding carboxylic acids is 1. The highest BCUT2D eigenvalue weighted by Gasteiger charge is 2.46. The molecule has 1 aliphatic rings. The molecular weight excluding hydrogens is 485 g/mol. The van der Waals surface area contributed by atoms with E-state index in [2.05, 4.69) is 25.5 Å². The van der Waals surface area contributed by atoms with Crippen molar-refractivity contribution < 1.29 is 26.7 Å². The molecule has 4 rings (SSSR count). The van der Waals surface area contributed by atoms with Crippen molar-refractivity contribution in [3.05, 3.63) is 59.2 Å². The Labute approximate surface area is 203 Å². The van der Waals surface area contributed by atoms with Crippen LogP contribution in [0.2, 0.25) is 0 Å². The Morgan fingerprint density at radius 3 is 2.47 bits per heavy atom. The summed E-state index contributed by atoms with van der Waals surface area (Å²) < 4.78 is 67.5. The molecule has 1 fully saturated rings. The van der Waals surface area contributed by atoms with Gasteiger partial charge in [-0.2, -0.15) is 28.2 Å². The normalized spacial score (nSPS) is 19.8. The number of rotatable bonds is 5. The summed E-state index contributed by atoms with van der Waals surface area (Å²) in [6.07, 6.45) is -2.25. The van der Waals surface area contributed by atoms with E-state index in [1.807, 2.05) is 0 Å². The van der Waals surface area contributed by atoms with E-state index in [1.165, 1.54) is 11.0 Å². The number of halogens is 5. The van der Waals surface area contributed by atoms with Crippen molar-refractivity contribution in [2.75, 3.05) is 18.4 Å². The van der Waals surface area contributed by atoms with Crippen molar-refractivity contribution in [2.45, 2.75) is 45.3 Å². The summed E-state index contributed by atoms with van der Waals surface area (Å²) in [5, 5.41) is 11.2. The minimum absolute atomic E-state index is 0.0331. The van der Waals surface area contributed by atoms with Crippen LogP contribution in [0, 0.1) is 19.8 Å². The molecule has 1 N–H and O–H groups in total. The number of aryl methyl sites for hydroxylation is 2. The Morgan fingerprint density at radius 1 is 1.17 bits per heavy atom. The molecule has 1 amide bonds. The topological polar surface area (TPSA) is 88.8 Å². The fraction of sp³-hybridized carbons (Fsp3) is 0.435. The zero-order chi connectivity index (χ0) is 26.3. The van der Waals surface area contributed by atoms with Crippen LogP contribution >= 0.6 is 0 Å². The average molecular weight is 509 g/mol. The number of nitrogens with one attached hydrogen (secondary N) is 1. The van der Waals surface area contributed by atoms with E-state index in [1.54, 1.807) is 39.0 Å². The van der Waals surface area contributed by atoms with E-state index in [0.29, 0.717) is 23.8 Å². The Kier molecular flexibility index (Phi) is 6.67. The van der Waals surface area contributed by atoms with Crippen LogP contribution in [-0.4, -0.2) is 60.8 Å². The second kappa shape index (κ2) is 9.43. The highest BCUT2D eigenvalue weighted by atomic mass is 19.4. The summed E-state index contributed by atoms with van der Waals surface area (Å²) in [5.74, 6) is -4.47. The van der Waals surface area contributed by atoms with Crippen molar-refractivity contribution in [3.63, 3.8) is 0 Å². The monoisotopic (exact) mass is 509 g/mol. The first-order valence-electron chi connectivity index (χ1n) is 11.2. The van der Waals surface area contributed by atoms with E-state index in [4.69, 9.17) is 0 Å². The molecule has 1 saturated heterocycles. The lowest BCUT2D eigenvalue weighted by atomic mass is 9.87. The van der Waals surface area contributed by atoms with Crippen molar-refractivity contribution >= 4 is 11.9 Å². The highest BCUT2D eigenvalue weighted by Crippen LogP contribution is 2.36. The summed E-state index contributed by atoms with van der Waals surface area (Å²) in [5.41, 5.74) is 0.857. The zero-order valence-electron chi connectivity index (χ0n) is 19.7. The van der Waals surface area contributed by atoms with Gasteiger partial charge in [0.25, 0.3) is 11.8 Å². The molecular formula is C23H24F5N7O. The van der Waals surface area contributed by atoms with Crippen LogP contribution in [0.15, 0.2) is 36.8 Å². The van der Waals surface area contributed by atoms with Crippen LogP contribution in [-0.2, 0) is 6.18 Å². The number of alkyl halides is 5. The number of aromatic nitrogens is 5. The maximum absolute atomic E-state index is 14.6. The van der Waals surface area contributed by atoms with E-state index < -0.39 is 48.5 Å². The van der Waals surface area contributed by atoms with Gasteiger partial charge in [-0.25, -0.2) is 18.7 Å². The van der Waals surface area contributed by atoms with Gasteiger partial charge in [-0.05, 0) is 31.9 Å². The van der Waals surface area contributed by atoms with Gasteiger partial charge in [-0.15, -0.1) is 0 Å². The smallest absolute Gasteiger partial charge is 0.352 e. The van der Waals surface area contributed by atoms with Crippen LogP contribution in [0.3, 0.4) is 0 Å². The molecule has 2 aromatic heterocycles. The van der Waals surface area contributed by atoms with Crippen LogP contribution in [0.4, 0.5) is 27.9 Å². The van der Waals surface area contributed by atoms with Gasteiger partial charge >= 0.3 is 6.18 Å². The van der Waals surface area contributed by atoms with Crippen LogP contribution < -0.4 is 5.32 Å². The van der Waals surface area contributed by atoms with E-state index in [0.717, 1.165) is 10.5 Å². The molecule has 0 saturated carbocycles. The zero-order valence-corrected chi connectivity index (χ0v) is 19.7. The first kappa shape index (κ1) is 25.5. The Hall–Kier alpha value is -3.64. The van der Waals surface area contributed by atoms with Crippen LogP contribution in [0.1, 0.15) is 40.5 Å². The van der Waals surface area contributed by atoms with Crippen LogP contribution in [0.5, 0.6) is 0 Å². The lowest BCUT2D eigenvalue weighted by molar-refractivity contribution is -0.138. The van der Waals surface area contributed by atoms with Gasteiger partial charge in [0.2, 0.25) is 5.95 Å². The molecule has 2 unspecified atom stereocenters. The first-order chi connectivity index (χ1) is 16.8. The fourth-order valence-corrected chi connectivity index (χ4v) is 4.25. The average Bonchev–Trinajstić information content (AvgIpc) is 3.22. The minimum atomic E-state index is -4.58. The van der Waals surface area contributed by atoms with Gasteiger partial charge in [0, 0.05) is 25.4 Å². The van der Waals surface area contributed by atoms with Gasteiger partial charge < -0.3 is 10.2 Å². The maximum atomic E-state index is 14.6. The molecule has 1 aliphatic heterocycles. The second-order valence-corrected chi connectivity index (χ2v) is 9.01. The number of likely N-dealkylation sites (tertiary alicyclic amines) is 1. The molecule has 0 radical (unpaired) electrons. The SMILES string of the molecule is Cc1ccc(-n2ncc(C)n2)c(C(=O)N2CC(F)(F)CC(C)C2CNc2ncc(C(F)(F)F)cn2)c1. The lowest BCUT2D eigenvalue weighted by Crippen LogP contribution is -2.57. The molecule has 36 heavy (non-hydrogen) atoms. The number of nitrogens with zero attached hydrogens (tertiary/aromatic N) is 6. The van der Waals surface area contributed by atoms with Gasteiger partial charge in [0.15, 0.2) is 0 Å². The number of hydrogen-bond donors (Lipinski definition) is 1. The van der Waals surface area contributed by atoms with Crippen LogP contribution in [0.25, 0.3) is 5.69 Å². The summed E-state index contributed by atoms with van der Waals surface area (Å²) in [7, 11) is 0. The molecule has 3 heterocycles. The quantitative estimate of drug-likeness (QED) is 0.517. The third-order valence-corrected chi connectivity index (χ3v) is 5.99. The third kappa shape index (κ3) is 5.44. The molecule has 8 nitrogen and oxygen atoms in total. The number of carbonyl (C=O) groups is 1. The van der Waals surface area contributed by atoms with Crippen molar-refractivity contribution in [1.82, 2.24) is 29.9 Å². The molecule has 192 valence electrons. The first-order valence-corrected chi connectivity index (χ1v) is 11.2. The van der Waals surface area contributed by atoms with Gasteiger partial charge in [-0.3, -0.25) is 4.79 Å². The number of benzene rings is 1. The second-order valence-electron chi connectivity index (χ2n) is 9.01. The predicted octanol–water partition coefficient (Wildman–Crippen LogP) is 4.29. The minimum Gasteiger partial charge on any atom is -0.352 e. The highest BCUT2D eigenvalue weighted by molar-refractivity contribution is 5.98. The lowest BCUT2D eigenvalue weighted by Gasteiger charge is -2.43. The maximum Gasteiger partial charge on any atom is 0.419 e. The number of hydrogen-bond acceptors (Lipinski definition) is 6. The van der Waals surface area contributed by atoms with E-state index in [9.17, 15) is 26.7 Å². The number of amides is 1. The molecule has 0 bridgehead atoms. The van der Waals surface area contributed by atoms with Crippen molar-refractivity contribution in [2.24, 2.45) is 5.92 Å². The summed E-state index contributed by atoms with van der Waals surface area (Å²) in [6, 6.07) is 4.30. The third-order valence-electron chi connectivity index (χ3n) is 5.99. The molecule has 13 heteroatoms. The summed E-state index contributed by atoms with van der Waals surface area (Å²) >= 11 is 0. The summed E-state index contributed by atoms with van der Waals surface area (Å²) in [6.45, 7) is 4.26. The standard InChI is InChI=1S/C23H24F5N7O/c1-13-4-5-18(35-32-8-15(3)33-35)17(6-13)20(36)34-12-22(24,25)7-14(2)19(34)11-31-21-29-9-16(10-30-21)23(26,27)28/h4-6,8-10,14,19H,7,11-12H2,1-3H3,(H,29,30,31). The largest absolute Gasteiger partial charge is 0.419 e. The molecule has 2 atom stereocenters. The summed E-state index contributed by atoms with van der Waals surface area (Å²) in [4.78, 5) is 23.4. The molecule has 1 aromatic carbocycles. The molecule has 0 aliphatic carbocycles. The van der Waals surface area contributed by atoms with E-state index >= 15 is 0 Å². The van der Waals surface area contributed by atoms with E-state index in [-0.39, 0.29) is 18.1 Å². The number of piperidine rings is 1. The van der Waals surface area contributed by atoms with Crippen molar-refractivity contribution in [3.8, 4) is 5.69 Å². The molecule has 0 spiro atoms. The van der Waals surface area contributed by atoms with Gasteiger partial charge in [0.05, 0.1) is 41.3 Å². The van der Waals surface area contributed by atoms with Gasteiger partial charge in [-0.1, -0.05) is 18.6 Å². The Balaban J connectivity index is 1.63. The fourth-order valence-electron chi connectivity index (χ4n) is 4.25. The predicted molar refractivity (Wildman–Crippen MR) is 120 cm³/mol.